The lowest BCUT2D eigenvalue weighted by atomic mass is 9.97. The topological polar surface area (TPSA) is 55.2 Å². The second-order valence-electron chi connectivity index (χ2n) is 4.31. The van der Waals surface area contributed by atoms with Crippen LogP contribution in [0, 0.1) is 17.0 Å². The summed E-state index contributed by atoms with van der Waals surface area (Å²) in [6.07, 6.45) is 2.82. The fraction of sp³-hybridized carbons (Fsp3) is 0.538. The van der Waals surface area contributed by atoms with E-state index in [1.54, 1.807) is 12.1 Å². The Morgan fingerprint density at radius 2 is 2.18 bits per heavy atom. The van der Waals surface area contributed by atoms with E-state index < -0.39 is 0 Å². The van der Waals surface area contributed by atoms with E-state index in [0.29, 0.717) is 12.5 Å². The number of rotatable bonds is 6. The first kappa shape index (κ1) is 13.6. The minimum atomic E-state index is -0.291. The number of hydrogen-bond donors (Lipinski definition) is 1. The van der Waals surface area contributed by atoms with Crippen molar-refractivity contribution in [2.24, 2.45) is 0 Å². The molecule has 0 saturated heterocycles. The minimum absolute atomic E-state index is 0.237. The van der Waals surface area contributed by atoms with Gasteiger partial charge in [0.1, 0.15) is 0 Å². The van der Waals surface area contributed by atoms with Gasteiger partial charge in [-0.3, -0.25) is 10.1 Å². The number of nitro benzene ring substituents is 1. The third-order valence-electron chi connectivity index (χ3n) is 3.08. The summed E-state index contributed by atoms with van der Waals surface area (Å²) in [6.45, 7) is 4.05. The Hall–Kier alpha value is -1.42. The number of benzene rings is 1. The quantitative estimate of drug-likeness (QED) is 0.610. The van der Waals surface area contributed by atoms with Gasteiger partial charge in [0, 0.05) is 17.7 Å². The van der Waals surface area contributed by atoms with Gasteiger partial charge in [-0.25, -0.2) is 0 Å². The van der Waals surface area contributed by atoms with Crippen molar-refractivity contribution in [3.63, 3.8) is 0 Å². The molecule has 1 aromatic rings. The highest BCUT2D eigenvalue weighted by Gasteiger charge is 2.18. The van der Waals surface area contributed by atoms with Gasteiger partial charge in [0.05, 0.1) is 4.92 Å². The van der Waals surface area contributed by atoms with Gasteiger partial charge in [0.15, 0.2) is 0 Å². The summed E-state index contributed by atoms with van der Waals surface area (Å²) in [7, 11) is 1.91. The molecule has 4 heteroatoms. The predicted molar refractivity (Wildman–Crippen MR) is 69.3 cm³/mol. The zero-order valence-electron chi connectivity index (χ0n) is 10.7. The Morgan fingerprint density at radius 3 is 2.71 bits per heavy atom. The molecule has 1 rings (SSSR count). The number of hydrogen-bond acceptors (Lipinski definition) is 3. The molecule has 17 heavy (non-hydrogen) atoms. The van der Waals surface area contributed by atoms with Crippen molar-refractivity contribution >= 4 is 5.69 Å². The van der Waals surface area contributed by atoms with Crippen molar-refractivity contribution in [3.8, 4) is 0 Å². The predicted octanol–water partition coefficient (Wildman–Crippen LogP) is 2.83. The maximum atomic E-state index is 11.0. The maximum absolute atomic E-state index is 11.0. The van der Waals surface area contributed by atoms with Crippen molar-refractivity contribution in [2.75, 3.05) is 7.05 Å². The molecule has 1 aromatic carbocycles. The van der Waals surface area contributed by atoms with Gasteiger partial charge in [-0.15, -0.1) is 0 Å². The lowest BCUT2D eigenvalue weighted by Gasteiger charge is -2.16. The molecule has 1 atom stereocenters. The van der Waals surface area contributed by atoms with E-state index in [4.69, 9.17) is 0 Å². The largest absolute Gasteiger partial charge is 0.317 e. The van der Waals surface area contributed by atoms with E-state index in [1.807, 2.05) is 20.0 Å². The highest BCUT2D eigenvalue weighted by atomic mass is 16.6. The average molecular weight is 236 g/mol. The molecule has 0 aliphatic heterocycles. The Bertz CT molecular complexity index is 391. The summed E-state index contributed by atoms with van der Waals surface area (Å²) in [6, 6.07) is 5.56. The van der Waals surface area contributed by atoms with Crippen LogP contribution in [0.4, 0.5) is 5.69 Å². The molecule has 0 saturated carbocycles. The van der Waals surface area contributed by atoms with Crippen LogP contribution in [-0.4, -0.2) is 18.0 Å². The van der Waals surface area contributed by atoms with E-state index in [0.717, 1.165) is 24.0 Å². The summed E-state index contributed by atoms with van der Waals surface area (Å²) in [5.41, 5.74) is 2.09. The first-order chi connectivity index (χ1) is 8.10. The second kappa shape index (κ2) is 6.35. The summed E-state index contributed by atoms with van der Waals surface area (Å²) >= 11 is 0. The molecule has 0 bridgehead atoms. The summed E-state index contributed by atoms with van der Waals surface area (Å²) in [5.74, 6) is 0. The lowest BCUT2D eigenvalue weighted by molar-refractivity contribution is -0.385. The van der Waals surface area contributed by atoms with E-state index in [1.165, 1.54) is 0 Å². The van der Waals surface area contributed by atoms with Crippen LogP contribution in [-0.2, 0) is 6.42 Å². The van der Waals surface area contributed by atoms with Gasteiger partial charge in [0.25, 0.3) is 5.69 Å². The fourth-order valence-corrected chi connectivity index (χ4v) is 2.07. The van der Waals surface area contributed by atoms with Gasteiger partial charge >= 0.3 is 0 Å². The van der Waals surface area contributed by atoms with Gasteiger partial charge < -0.3 is 5.32 Å². The molecule has 0 heterocycles. The van der Waals surface area contributed by atoms with E-state index in [2.05, 4.69) is 12.2 Å². The summed E-state index contributed by atoms with van der Waals surface area (Å²) in [5, 5.41) is 14.2. The highest BCUT2D eigenvalue weighted by Crippen LogP contribution is 2.24. The molecule has 0 aromatic heterocycles. The number of nitro groups is 1. The Morgan fingerprint density at radius 1 is 1.47 bits per heavy atom. The van der Waals surface area contributed by atoms with Crippen LogP contribution in [0.3, 0.4) is 0 Å². The number of nitrogens with zero attached hydrogens (tertiary/aromatic N) is 1. The Balaban J connectivity index is 2.99. The van der Waals surface area contributed by atoms with Crippen molar-refractivity contribution in [1.29, 1.82) is 0 Å². The smallest absolute Gasteiger partial charge is 0.272 e. The molecule has 0 fully saturated rings. The van der Waals surface area contributed by atoms with Crippen LogP contribution in [0.25, 0.3) is 0 Å². The van der Waals surface area contributed by atoms with Gasteiger partial charge in [0.2, 0.25) is 0 Å². The van der Waals surface area contributed by atoms with Crippen LogP contribution >= 0.6 is 0 Å². The Labute approximate surface area is 102 Å². The first-order valence-corrected chi connectivity index (χ1v) is 6.00. The standard InChI is InChI=1S/C13H20N2O2/c1-4-6-11(14-3)9-12-10(2)7-5-8-13(12)15(16)17/h5,7-8,11,14H,4,6,9H2,1-3H3. The van der Waals surface area contributed by atoms with Gasteiger partial charge in [-0.1, -0.05) is 25.5 Å². The Kier molecular flexibility index (Phi) is 5.10. The SMILES string of the molecule is CCCC(Cc1c(C)cccc1[N+](=O)[O-])NC. The molecule has 0 spiro atoms. The zero-order valence-corrected chi connectivity index (χ0v) is 10.7. The summed E-state index contributed by atoms with van der Waals surface area (Å²) in [4.78, 5) is 10.7. The van der Waals surface area contributed by atoms with E-state index in [-0.39, 0.29) is 10.6 Å². The first-order valence-electron chi connectivity index (χ1n) is 6.00. The van der Waals surface area contributed by atoms with Crippen molar-refractivity contribution in [3.05, 3.63) is 39.4 Å². The third-order valence-corrected chi connectivity index (χ3v) is 3.08. The van der Waals surface area contributed by atoms with Crippen LogP contribution in [0.5, 0.6) is 0 Å². The molecule has 94 valence electrons. The monoisotopic (exact) mass is 236 g/mol. The van der Waals surface area contributed by atoms with Crippen LogP contribution in [0.1, 0.15) is 30.9 Å². The van der Waals surface area contributed by atoms with Gasteiger partial charge in [-0.05, 0) is 32.4 Å². The van der Waals surface area contributed by atoms with Crippen molar-refractivity contribution < 1.29 is 4.92 Å². The summed E-state index contributed by atoms with van der Waals surface area (Å²) < 4.78 is 0. The van der Waals surface area contributed by atoms with E-state index >= 15 is 0 Å². The van der Waals surface area contributed by atoms with Crippen LogP contribution in [0.15, 0.2) is 18.2 Å². The zero-order chi connectivity index (χ0) is 12.8. The van der Waals surface area contributed by atoms with E-state index in [9.17, 15) is 10.1 Å². The normalized spacial score (nSPS) is 12.4. The maximum Gasteiger partial charge on any atom is 0.272 e. The molecular weight excluding hydrogens is 216 g/mol. The number of nitrogens with one attached hydrogen (secondary N) is 1. The van der Waals surface area contributed by atoms with Crippen LogP contribution < -0.4 is 5.32 Å². The highest BCUT2D eigenvalue weighted by molar-refractivity contribution is 5.45. The fourth-order valence-electron chi connectivity index (χ4n) is 2.07. The molecule has 1 unspecified atom stereocenters. The average Bonchev–Trinajstić information content (AvgIpc) is 2.30. The minimum Gasteiger partial charge on any atom is -0.317 e. The molecule has 0 aliphatic carbocycles. The molecule has 0 aliphatic rings. The molecule has 1 N–H and O–H groups in total. The van der Waals surface area contributed by atoms with Crippen molar-refractivity contribution in [1.82, 2.24) is 5.32 Å². The number of likely N-dealkylation sites (N-methyl/N-ethyl adjacent to an activating group) is 1. The molecule has 0 radical (unpaired) electrons. The van der Waals surface area contributed by atoms with Gasteiger partial charge in [-0.2, -0.15) is 0 Å². The third kappa shape index (κ3) is 3.53. The van der Waals surface area contributed by atoms with Crippen molar-refractivity contribution in [2.45, 2.75) is 39.2 Å². The molecular formula is C13H20N2O2. The molecule has 4 nitrogen and oxygen atoms in total. The van der Waals surface area contributed by atoms with Crippen LogP contribution in [0.2, 0.25) is 0 Å². The second-order valence-corrected chi connectivity index (χ2v) is 4.31. The molecule has 0 amide bonds. The number of aryl methyl sites for hydroxylation is 1. The lowest BCUT2D eigenvalue weighted by Crippen LogP contribution is -2.27.